The van der Waals surface area contributed by atoms with Crippen molar-refractivity contribution >= 4 is 27.9 Å². The number of nitrogens with zero attached hydrogens (tertiary/aromatic N) is 3. The maximum absolute atomic E-state index is 13.2. The first-order valence-corrected chi connectivity index (χ1v) is 15.5. The summed E-state index contributed by atoms with van der Waals surface area (Å²) in [5, 5.41) is 14.8. The molecule has 0 saturated carbocycles. The predicted molar refractivity (Wildman–Crippen MR) is 146 cm³/mol. The lowest BCUT2D eigenvalue weighted by molar-refractivity contribution is -0.142. The number of aliphatic carboxylic acids is 1. The number of hydrogen-bond acceptors (Lipinski definition) is 6. The molecule has 0 aromatic heterocycles. The maximum atomic E-state index is 13.2. The van der Waals surface area contributed by atoms with E-state index in [-0.39, 0.29) is 24.0 Å². The molecule has 1 aromatic rings. The van der Waals surface area contributed by atoms with Gasteiger partial charge in [-0.1, -0.05) is 24.1 Å². The van der Waals surface area contributed by atoms with Crippen molar-refractivity contribution in [3.05, 3.63) is 29.8 Å². The third kappa shape index (κ3) is 7.49. The summed E-state index contributed by atoms with van der Waals surface area (Å²) < 4.78 is 27.5. The minimum Gasteiger partial charge on any atom is -0.480 e. The molecule has 216 valence electrons. The van der Waals surface area contributed by atoms with Crippen LogP contribution in [0.3, 0.4) is 0 Å². The average Bonchev–Trinajstić information content (AvgIpc) is 3.43. The van der Waals surface area contributed by atoms with Crippen LogP contribution in [0, 0.1) is 12.8 Å². The summed E-state index contributed by atoms with van der Waals surface area (Å²) in [5.41, 5.74) is 0.915. The highest BCUT2D eigenvalue weighted by Gasteiger charge is 2.40. The van der Waals surface area contributed by atoms with Gasteiger partial charge < -0.3 is 25.5 Å². The van der Waals surface area contributed by atoms with Crippen molar-refractivity contribution in [2.75, 3.05) is 45.8 Å². The van der Waals surface area contributed by atoms with Crippen LogP contribution in [0.25, 0.3) is 0 Å². The fourth-order valence-electron chi connectivity index (χ4n) is 5.73. The van der Waals surface area contributed by atoms with E-state index in [1.807, 2.05) is 6.92 Å². The van der Waals surface area contributed by atoms with Gasteiger partial charge in [-0.2, -0.15) is 4.31 Å². The highest BCUT2D eigenvalue weighted by Crippen LogP contribution is 2.26. The van der Waals surface area contributed by atoms with Crippen LogP contribution < -0.4 is 10.6 Å². The van der Waals surface area contributed by atoms with Gasteiger partial charge in [-0.3, -0.25) is 4.79 Å². The number of nitrogens with one attached hydrogen (secondary N) is 2. The van der Waals surface area contributed by atoms with Crippen LogP contribution >= 0.6 is 0 Å². The van der Waals surface area contributed by atoms with Gasteiger partial charge in [0.25, 0.3) is 0 Å². The van der Waals surface area contributed by atoms with Crippen LogP contribution in [0.2, 0.25) is 0 Å². The quantitative estimate of drug-likeness (QED) is 0.415. The molecular weight excluding hydrogens is 522 g/mol. The number of rotatable bonds is 9. The maximum Gasteiger partial charge on any atom is 0.328 e. The molecule has 3 N–H and O–H groups in total. The van der Waals surface area contributed by atoms with Crippen molar-refractivity contribution in [2.45, 2.75) is 68.8 Å². The molecule has 4 rings (SSSR count). The largest absolute Gasteiger partial charge is 0.480 e. The Kier molecular flexibility index (Phi) is 9.84. The number of piperidine rings is 2. The highest BCUT2D eigenvalue weighted by molar-refractivity contribution is 7.89. The molecular formula is C27H41N5O6S. The average molecular weight is 564 g/mol. The van der Waals surface area contributed by atoms with Gasteiger partial charge in [-0.05, 0) is 76.6 Å². The Morgan fingerprint density at radius 1 is 0.949 bits per heavy atom. The zero-order chi connectivity index (χ0) is 28.0. The second-order valence-electron chi connectivity index (χ2n) is 11.0. The molecule has 3 aliphatic rings. The van der Waals surface area contributed by atoms with E-state index < -0.39 is 34.0 Å². The minimum absolute atomic E-state index is 0.0922. The third-order valence-corrected chi connectivity index (χ3v) is 10.00. The zero-order valence-electron chi connectivity index (χ0n) is 22.7. The Labute approximate surface area is 230 Å². The van der Waals surface area contributed by atoms with Crippen molar-refractivity contribution in [2.24, 2.45) is 5.92 Å². The lowest BCUT2D eigenvalue weighted by atomic mass is 9.95. The predicted octanol–water partition coefficient (Wildman–Crippen LogP) is 1.63. The number of carbonyl (C=O) groups is 3. The second-order valence-corrected chi connectivity index (χ2v) is 12.9. The lowest BCUT2D eigenvalue weighted by Crippen LogP contribution is -2.55. The van der Waals surface area contributed by atoms with Crippen molar-refractivity contribution in [3.8, 4) is 0 Å². The SMILES string of the molecule is Cc1ccc(S(=O)(=O)N2CCC[C@H]2C(=O)N[C@@H](CNC(=O)N2CCC(CN3CCCCC3)CC2)C(=O)O)cc1. The van der Waals surface area contributed by atoms with Crippen LogP contribution in [-0.2, 0) is 19.6 Å². The number of likely N-dealkylation sites (tertiary alicyclic amines) is 2. The molecule has 3 aliphatic heterocycles. The van der Waals surface area contributed by atoms with Crippen molar-refractivity contribution in [3.63, 3.8) is 0 Å². The first-order valence-electron chi connectivity index (χ1n) is 14.0. The summed E-state index contributed by atoms with van der Waals surface area (Å²) in [4.78, 5) is 42.0. The standard InChI is InChI=1S/C27H41N5O6S/c1-20-7-9-22(10-8-20)39(37,38)32-15-5-6-24(32)25(33)29-23(26(34)35)18-28-27(36)31-16-11-21(12-17-31)19-30-13-3-2-4-14-30/h7-10,21,23-24H,2-6,11-19H2,1H3,(H,28,36)(H,29,33)(H,34,35)/t23-,24-/m0/s1. The van der Waals surface area contributed by atoms with E-state index in [9.17, 15) is 27.9 Å². The van der Waals surface area contributed by atoms with Gasteiger partial charge in [0, 0.05) is 26.2 Å². The van der Waals surface area contributed by atoms with Crippen LogP contribution in [0.5, 0.6) is 0 Å². The zero-order valence-corrected chi connectivity index (χ0v) is 23.5. The normalized spacial score (nSPS) is 22.4. The monoisotopic (exact) mass is 563 g/mol. The molecule has 0 unspecified atom stereocenters. The number of hydrogen-bond donors (Lipinski definition) is 3. The summed E-state index contributed by atoms with van der Waals surface area (Å²) in [6.07, 6.45) is 6.42. The molecule has 12 heteroatoms. The topological polar surface area (TPSA) is 139 Å². The van der Waals surface area contributed by atoms with E-state index in [0.29, 0.717) is 31.8 Å². The Morgan fingerprint density at radius 3 is 2.26 bits per heavy atom. The molecule has 3 fully saturated rings. The first kappa shape index (κ1) is 29.3. The van der Waals surface area contributed by atoms with Crippen LogP contribution in [0.1, 0.15) is 50.5 Å². The number of carboxylic acids is 1. The summed E-state index contributed by atoms with van der Waals surface area (Å²) in [7, 11) is -3.91. The highest BCUT2D eigenvalue weighted by atomic mass is 32.2. The van der Waals surface area contributed by atoms with Crippen molar-refractivity contribution < 1.29 is 27.9 Å². The molecule has 0 radical (unpaired) electrons. The number of carbonyl (C=O) groups excluding carboxylic acids is 2. The van der Waals surface area contributed by atoms with E-state index >= 15 is 0 Å². The Balaban J connectivity index is 1.27. The number of urea groups is 1. The van der Waals surface area contributed by atoms with Gasteiger partial charge in [0.15, 0.2) is 0 Å². The molecule has 3 amide bonds. The summed E-state index contributed by atoms with van der Waals surface area (Å²) in [6, 6.07) is 3.66. The van der Waals surface area contributed by atoms with E-state index in [2.05, 4.69) is 15.5 Å². The Morgan fingerprint density at radius 2 is 1.62 bits per heavy atom. The number of sulfonamides is 1. The molecule has 11 nitrogen and oxygen atoms in total. The van der Waals surface area contributed by atoms with Crippen LogP contribution in [-0.4, -0.2) is 103 Å². The molecule has 0 spiro atoms. The van der Waals surface area contributed by atoms with Gasteiger partial charge in [-0.15, -0.1) is 0 Å². The van der Waals surface area contributed by atoms with Gasteiger partial charge in [0.05, 0.1) is 11.4 Å². The van der Waals surface area contributed by atoms with E-state index in [4.69, 9.17) is 0 Å². The molecule has 2 atom stereocenters. The van der Waals surface area contributed by atoms with Gasteiger partial charge >= 0.3 is 12.0 Å². The fourth-order valence-corrected chi connectivity index (χ4v) is 7.39. The smallest absolute Gasteiger partial charge is 0.328 e. The number of amides is 3. The van der Waals surface area contributed by atoms with Gasteiger partial charge in [0.2, 0.25) is 15.9 Å². The van der Waals surface area contributed by atoms with Crippen LogP contribution in [0.4, 0.5) is 4.79 Å². The summed E-state index contributed by atoms with van der Waals surface area (Å²) >= 11 is 0. The number of carboxylic acid groups (broad SMARTS) is 1. The Bertz CT molecular complexity index is 1110. The Hall–Kier alpha value is -2.70. The minimum atomic E-state index is -3.91. The number of benzene rings is 1. The molecule has 0 bridgehead atoms. The fraction of sp³-hybridized carbons (Fsp3) is 0.667. The van der Waals surface area contributed by atoms with Gasteiger partial charge in [-0.25, -0.2) is 18.0 Å². The first-order chi connectivity index (χ1) is 18.6. The van der Waals surface area contributed by atoms with E-state index in [0.717, 1.165) is 42.3 Å². The molecule has 1 aromatic carbocycles. The molecule has 39 heavy (non-hydrogen) atoms. The summed E-state index contributed by atoms with van der Waals surface area (Å²) in [5.74, 6) is -1.41. The molecule has 0 aliphatic carbocycles. The van der Waals surface area contributed by atoms with Crippen molar-refractivity contribution in [1.29, 1.82) is 0 Å². The van der Waals surface area contributed by atoms with E-state index in [1.54, 1.807) is 17.0 Å². The second kappa shape index (κ2) is 13.1. The van der Waals surface area contributed by atoms with Crippen LogP contribution in [0.15, 0.2) is 29.2 Å². The van der Waals surface area contributed by atoms with Crippen molar-refractivity contribution in [1.82, 2.24) is 24.7 Å². The van der Waals surface area contributed by atoms with Gasteiger partial charge in [0.1, 0.15) is 12.1 Å². The van der Waals surface area contributed by atoms with E-state index in [1.165, 1.54) is 31.4 Å². The molecule has 3 heterocycles. The lowest BCUT2D eigenvalue weighted by Gasteiger charge is -2.36. The number of aryl methyl sites for hydroxylation is 1. The molecule has 3 saturated heterocycles. The third-order valence-electron chi connectivity index (χ3n) is 8.07. The summed E-state index contributed by atoms with van der Waals surface area (Å²) in [6.45, 7) is 6.34.